The first-order chi connectivity index (χ1) is 13.6. The molecule has 1 amide bonds. The summed E-state index contributed by atoms with van der Waals surface area (Å²) >= 11 is 6.19. The van der Waals surface area contributed by atoms with Crippen LogP contribution in [0.2, 0.25) is 5.02 Å². The second-order valence-electron chi connectivity index (χ2n) is 6.76. The van der Waals surface area contributed by atoms with Gasteiger partial charge in [0.05, 0.1) is 16.3 Å². The Morgan fingerprint density at radius 2 is 1.93 bits per heavy atom. The minimum absolute atomic E-state index is 0.0605. The zero-order valence-corrected chi connectivity index (χ0v) is 17.0. The highest BCUT2D eigenvalue weighted by Crippen LogP contribution is 2.25. The SMILES string of the molecule is CCc1nnc(N2CCCN(C(=O)c3ccccc3Cl)CC2)c(C#N)c1CC. The molecule has 0 unspecified atom stereocenters. The fraction of sp³-hybridized carbons (Fsp3) is 0.429. The Balaban J connectivity index is 1.82. The summed E-state index contributed by atoms with van der Waals surface area (Å²) in [7, 11) is 0. The van der Waals surface area contributed by atoms with E-state index in [-0.39, 0.29) is 5.91 Å². The first kappa shape index (κ1) is 20.1. The van der Waals surface area contributed by atoms with Gasteiger partial charge in [-0.25, -0.2) is 0 Å². The van der Waals surface area contributed by atoms with Gasteiger partial charge in [0.25, 0.3) is 5.91 Å². The molecule has 1 aromatic heterocycles. The number of hydrogen-bond donors (Lipinski definition) is 0. The van der Waals surface area contributed by atoms with Gasteiger partial charge in [-0.05, 0) is 37.0 Å². The number of rotatable bonds is 4. The van der Waals surface area contributed by atoms with E-state index in [1.54, 1.807) is 12.1 Å². The van der Waals surface area contributed by atoms with Crippen molar-refractivity contribution in [2.75, 3.05) is 31.1 Å². The first-order valence-electron chi connectivity index (χ1n) is 9.67. The lowest BCUT2D eigenvalue weighted by Crippen LogP contribution is -2.36. The smallest absolute Gasteiger partial charge is 0.255 e. The molecule has 0 saturated carbocycles. The molecule has 1 fully saturated rings. The largest absolute Gasteiger partial charge is 0.352 e. The molecule has 3 rings (SSSR count). The topological polar surface area (TPSA) is 73.1 Å². The first-order valence-corrected chi connectivity index (χ1v) is 10.1. The fourth-order valence-electron chi connectivity index (χ4n) is 3.64. The highest BCUT2D eigenvalue weighted by Gasteiger charge is 2.25. The molecule has 146 valence electrons. The number of anilines is 1. The summed E-state index contributed by atoms with van der Waals surface area (Å²) in [5.74, 6) is 0.568. The Bertz CT molecular complexity index is 908. The zero-order valence-electron chi connectivity index (χ0n) is 16.3. The maximum absolute atomic E-state index is 12.9. The molecular weight excluding hydrogens is 374 g/mol. The molecule has 2 heterocycles. The van der Waals surface area contributed by atoms with E-state index in [1.807, 2.05) is 30.9 Å². The van der Waals surface area contributed by atoms with E-state index in [1.165, 1.54) is 0 Å². The van der Waals surface area contributed by atoms with Crippen LogP contribution in [0.5, 0.6) is 0 Å². The van der Waals surface area contributed by atoms with Crippen LogP contribution in [0.15, 0.2) is 24.3 Å². The minimum atomic E-state index is -0.0605. The molecule has 0 atom stereocenters. The van der Waals surface area contributed by atoms with Crippen LogP contribution in [0.4, 0.5) is 5.82 Å². The molecule has 0 aliphatic carbocycles. The van der Waals surface area contributed by atoms with Gasteiger partial charge in [-0.3, -0.25) is 4.79 Å². The lowest BCUT2D eigenvalue weighted by molar-refractivity contribution is 0.0767. The monoisotopic (exact) mass is 397 g/mol. The fourth-order valence-corrected chi connectivity index (χ4v) is 3.86. The van der Waals surface area contributed by atoms with Gasteiger partial charge in [0.1, 0.15) is 11.6 Å². The number of nitriles is 1. The number of benzene rings is 1. The van der Waals surface area contributed by atoms with E-state index < -0.39 is 0 Å². The van der Waals surface area contributed by atoms with Gasteiger partial charge >= 0.3 is 0 Å². The van der Waals surface area contributed by atoms with Crippen LogP contribution in [0, 0.1) is 11.3 Å². The van der Waals surface area contributed by atoms with Crippen molar-refractivity contribution < 1.29 is 4.79 Å². The summed E-state index contributed by atoms with van der Waals surface area (Å²) in [4.78, 5) is 16.8. The number of carbonyl (C=O) groups excluding carboxylic acids is 1. The van der Waals surface area contributed by atoms with Gasteiger partial charge in [0.2, 0.25) is 0 Å². The highest BCUT2D eigenvalue weighted by atomic mass is 35.5. The molecule has 6 nitrogen and oxygen atoms in total. The molecular formula is C21H24ClN5O. The number of aromatic nitrogens is 2. The Kier molecular flexibility index (Phi) is 6.48. The molecule has 1 aliphatic heterocycles. The summed E-state index contributed by atoms with van der Waals surface area (Å²) in [6.07, 6.45) is 2.30. The quantitative estimate of drug-likeness (QED) is 0.789. The summed E-state index contributed by atoms with van der Waals surface area (Å²) in [5.41, 5.74) is 2.99. The molecule has 0 spiro atoms. The molecule has 0 bridgehead atoms. The van der Waals surface area contributed by atoms with Crippen LogP contribution in [0.1, 0.15) is 47.4 Å². The summed E-state index contributed by atoms with van der Waals surface area (Å²) in [5, 5.41) is 18.9. The van der Waals surface area contributed by atoms with Crippen molar-refractivity contribution in [1.29, 1.82) is 5.26 Å². The van der Waals surface area contributed by atoms with Gasteiger partial charge in [-0.15, -0.1) is 5.10 Å². The molecule has 1 aliphatic rings. The lowest BCUT2D eigenvalue weighted by atomic mass is 10.0. The standard InChI is InChI=1S/C21H24ClN5O/c1-3-15-17(14-23)20(25-24-19(15)4-2)26-10-7-11-27(13-12-26)21(28)16-8-5-6-9-18(16)22/h5-6,8-9H,3-4,7,10-13H2,1-2H3. The predicted octanol–water partition coefficient (Wildman–Crippen LogP) is 3.48. The Hall–Kier alpha value is -2.65. The van der Waals surface area contributed by atoms with Crippen molar-refractivity contribution >= 4 is 23.3 Å². The second kappa shape index (κ2) is 9.03. The van der Waals surface area contributed by atoms with E-state index in [4.69, 9.17) is 11.6 Å². The normalized spacial score (nSPS) is 14.5. The number of carbonyl (C=O) groups is 1. The summed E-state index contributed by atoms with van der Waals surface area (Å²) in [6.45, 7) is 6.58. The second-order valence-corrected chi connectivity index (χ2v) is 7.16. The maximum Gasteiger partial charge on any atom is 0.255 e. The molecule has 7 heteroatoms. The van der Waals surface area contributed by atoms with Crippen molar-refractivity contribution in [1.82, 2.24) is 15.1 Å². The van der Waals surface area contributed by atoms with E-state index in [0.717, 1.165) is 37.1 Å². The molecule has 2 aromatic rings. The number of hydrogen-bond acceptors (Lipinski definition) is 5. The van der Waals surface area contributed by atoms with Gasteiger partial charge in [-0.1, -0.05) is 37.6 Å². The van der Waals surface area contributed by atoms with Crippen molar-refractivity contribution in [3.8, 4) is 6.07 Å². The van der Waals surface area contributed by atoms with Crippen LogP contribution in [0.25, 0.3) is 0 Å². The third kappa shape index (κ3) is 3.95. The third-order valence-corrected chi connectivity index (χ3v) is 5.46. The third-order valence-electron chi connectivity index (χ3n) is 5.13. The van der Waals surface area contributed by atoms with Gasteiger partial charge < -0.3 is 9.80 Å². The minimum Gasteiger partial charge on any atom is -0.352 e. The van der Waals surface area contributed by atoms with Crippen molar-refractivity contribution in [3.63, 3.8) is 0 Å². The zero-order chi connectivity index (χ0) is 20.1. The molecule has 0 radical (unpaired) electrons. The molecule has 1 aromatic carbocycles. The van der Waals surface area contributed by atoms with Gasteiger partial charge in [0, 0.05) is 26.2 Å². The van der Waals surface area contributed by atoms with E-state index in [0.29, 0.717) is 41.6 Å². The van der Waals surface area contributed by atoms with Crippen molar-refractivity contribution in [3.05, 3.63) is 51.7 Å². The maximum atomic E-state index is 12.9. The van der Waals surface area contributed by atoms with E-state index >= 15 is 0 Å². The Labute approximate surface area is 170 Å². The Morgan fingerprint density at radius 3 is 2.61 bits per heavy atom. The van der Waals surface area contributed by atoms with Crippen LogP contribution < -0.4 is 4.90 Å². The van der Waals surface area contributed by atoms with Crippen LogP contribution in [0.3, 0.4) is 0 Å². The van der Waals surface area contributed by atoms with Crippen LogP contribution in [-0.2, 0) is 12.8 Å². The van der Waals surface area contributed by atoms with E-state index in [2.05, 4.69) is 21.2 Å². The highest BCUT2D eigenvalue weighted by molar-refractivity contribution is 6.33. The molecule has 28 heavy (non-hydrogen) atoms. The van der Waals surface area contributed by atoms with Crippen molar-refractivity contribution in [2.24, 2.45) is 0 Å². The number of amides is 1. The predicted molar refractivity (Wildman–Crippen MR) is 110 cm³/mol. The Morgan fingerprint density at radius 1 is 1.14 bits per heavy atom. The lowest BCUT2D eigenvalue weighted by Gasteiger charge is -2.24. The van der Waals surface area contributed by atoms with Gasteiger partial charge in [-0.2, -0.15) is 10.4 Å². The number of halogens is 1. The molecule has 0 N–H and O–H groups in total. The summed E-state index contributed by atoms with van der Waals surface area (Å²) < 4.78 is 0. The molecule has 1 saturated heterocycles. The van der Waals surface area contributed by atoms with Crippen LogP contribution >= 0.6 is 11.6 Å². The summed E-state index contributed by atoms with van der Waals surface area (Å²) in [6, 6.07) is 9.45. The average molecular weight is 398 g/mol. The van der Waals surface area contributed by atoms with E-state index in [9.17, 15) is 10.1 Å². The van der Waals surface area contributed by atoms with Gasteiger partial charge in [0.15, 0.2) is 5.82 Å². The van der Waals surface area contributed by atoms with Crippen molar-refractivity contribution in [2.45, 2.75) is 33.1 Å². The number of nitrogens with zero attached hydrogens (tertiary/aromatic N) is 5. The average Bonchev–Trinajstić information content (AvgIpc) is 2.98. The number of aryl methyl sites for hydroxylation is 1. The van der Waals surface area contributed by atoms with Crippen LogP contribution in [-0.4, -0.2) is 47.2 Å².